The molecule has 0 aliphatic heterocycles. The van der Waals surface area contributed by atoms with Crippen molar-refractivity contribution < 1.29 is 9.18 Å². The molecule has 25 heavy (non-hydrogen) atoms. The Morgan fingerprint density at radius 2 is 2.08 bits per heavy atom. The van der Waals surface area contributed by atoms with Crippen molar-refractivity contribution in [2.75, 3.05) is 0 Å². The Labute approximate surface area is 142 Å². The van der Waals surface area contributed by atoms with E-state index in [0.717, 1.165) is 16.8 Å². The van der Waals surface area contributed by atoms with Gasteiger partial charge in [0.2, 0.25) is 0 Å². The number of H-pyrrole nitrogens is 2. The predicted octanol–water partition coefficient (Wildman–Crippen LogP) is 3.02. The molecule has 0 aliphatic carbocycles. The van der Waals surface area contributed by atoms with Crippen molar-refractivity contribution in [1.82, 2.24) is 25.5 Å². The van der Waals surface area contributed by atoms with Gasteiger partial charge >= 0.3 is 0 Å². The highest BCUT2D eigenvalue weighted by atomic mass is 19.1. The maximum Gasteiger partial charge on any atom is 0.253 e. The van der Waals surface area contributed by atoms with Gasteiger partial charge in [0.25, 0.3) is 5.91 Å². The summed E-state index contributed by atoms with van der Waals surface area (Å²) in [6.45, 7) is 0.128. The molecule has 4 rings (SSSR count). The van der Waals surface area contributed by atoms with Crippen LogP contribution in [0.2, 0.25) is 0 Å². The standard InChI is InChI=1S/C18H14FN5O/c19-14-6-2-1-4-11(14)9-22-18(25)12-8-15(21-10-12)16-13-5-3-7-20-17(13)24-23-16/h1-8,10,21H,9H2,(H,22,25)(H,20,23,24). The fraction of sp³-hybridized carbons (Fsp3) is 0.0556. The van der Waals surface area contributed by atoms with Gasteiger partial charge < -0.3 is 10.3 Å². The molecule has 0 fully saturated rings. The summed E-state index contributed by atoms with van der Waals surface area (Å²) in [6.07, 6.45) is 3.28. The van der Waals surface area contributed by atoms with Gasteiger partial charge in [-0.2, -0.15) is 5.10 Å². The highest BCUT2D eigenvalue weighted by Crippen LogP contribution is 2.24. The SMILES string of the molecule is O=C(NCc1ccccc1F)c1c[nH]c(-c2[nH]nc3ncccc23)c1. The molecule has 7 heteroatoms. The molecule has 6 nitrogen and oxygen atoms in total. The number of aromatic amines is 2. The second-order valence-electron chi connectivity index (χ2n) is 5.55. The van der Waals surface area contributed by atoms with Gasteiger partial charge in [-0.3, -0.25) is 9.89 Å². The molecule has 0 spiro atoms. The first kappa shape index (κ1) is 15.1. The number of carbonyl (C=O) groups is 1. The van der Waals surface area contributed by atoms with E-state index in [1.807, 2.05) is 12.1 Å². The van der Waals surface area contributed by atoms with Crippen molar-refractivity contribution in [3.63, 3.8) is 0 Å². The average molecular weight is 335 g/mol. The van der Waals surface area contributed by atoms with Crippen molar-refractivity contribution in [3.05, 3.63) is 71.8 Å². The summed E-state index contributed by atoms with van der Waals surface area (Å²) in [5, 5.41) is 10.6. The van der Waals surface area contributed by atoms with Crippen molar-refractivity contribution in [2.24, 2.45) is 0 Å². The molecule has 0 saturated heterocycles. The molecule has 0 bridgehead atoms. The number of hydrogen-bond acceptors (Lipinski definition) is 3. The lowest BCUT2D eigenvalue weighted by Crippen LogP contribution is -2.22. The number of benzene rings is 1. The number of fused-ring (bicyclic) bond motifs is 1. The molecule has 0 saturated carbocycles. The molecule has 3 heterocycles. The summed E-state index contributed by atoms with van der Waals surface area (Å²) in [4.78, 5) is 19.5. The molecule has 3 N–H and O–H groups in total. The Kier molecular flexibility index (Phi) is 3.74. The zero-order valence-corrected chi connectivity index (χ0v) is 13.1. The van der Waals surface area contributed by atoms with Crippen molar-refractivity contribution >= 4 is 16.9 Å². The van der Waals surface area contributed by atoms with Crippen LogP contribution in [0, 0.1) is 5.82 Å². The quantitative estimate of drug-likeness (QED) is 0.536. The van der Waals surface area contributed by atoms with E-state index in [1.165, 1.54) is 6.07 Å². The summed E-state index contributed by atoms with van der Waals surface area (Å²) in [7, 11) is 0. The van der Waals surface area contributed by atoms with Crippen LogP contribution in [-0.2, 0) is 6.54 Å². The largest absolute Gasteiger partial charge is 0.359 e. The molecular weight excluding hydrogens is 321 g/mol. The summed E-state index contributed by atoms with van der Waals surface area (Å²) < 4.78 is 13.6. The van der Waals surface area contributed by atoms with E-state index in [2.05, 4.69) is 25.5 Å². The summed E-state index contributed by atoms with van der Waals surface area (Å²) >= 11 is 0. The van der Waals surface area contributed by atoms with Crippen molar-refractivity contribution in [1.29, 1.82) is 0 Å². The summed E-state index contributed by atoms with van der Waals surface area (Å²) in [5.41, 5.74) is 3.00. The molecule has 0 unspecified atom stereocenters. The van der Waals surface area contributed by atoms with E-state index in [4.69, 9.17) is 0 Å². The normalized spacial score (nSPS) is 10.9. The number of carbonyl (C=O) groups excluding carboxylic acids is 1. The zero-order chi connectivity index (χ0) is 17.2. The lowest BCUT2D eigenvalue weighted by Gasteiger charge is -2.04. The zero-order valence-electron chi connectivity index (χ0n) is 13.1. The molecular formula is C18H14FN5O. The van der Waals surface area contributed by atoms with Gasteiger partial charge in [0.1, 0.15) is 5.82 Å². The Bertz CT molecular complexity index is 1050. The van der Waals surface area contributed by atoms with Crippen molar-refractivity contribution in [3.8, 4) is 11.4 Å². The molecule has 4 aromatic rings. The Balaban J connectivity index is 1.53. The number of amides is 1. The fourth-order valence-corrected chi connectivity index (χ4v) is 2.64. The van der Waals surface area contributed by atoms with Gasteiger partial charge in [-0.15, -0.1) is 0 Å². The average Bonchev–Trinajstić information content (AvgIpc) is 3.27. The first-order chi connectivity index (χ1) is 12.2. The van der Waals surface area contributed by atoms with Gasteiger partial charge in [-0.05, 0) is 24.3 Å². The predicted molar refractivity (Wildman–Crippen MR) is 91.2 cm³/mol. The van der Waals surface area contributed by atoms with E-state index < -0.39 is 0 Å². The summed E-state index contributed by atoms with van der Waals surface area (Å²) in [6, 6.07) is 11.8. The molecule has 1 amide bonds. The Hall–Kier alpha value is -3.48. The molecule has 1 aromatic carbocycles. The Morgan fingerprint density at radius 1 is 1.20 bits per heavy atom. The van der Waals surface area contributed by atoms with Gasteiger partial charge in [0.15, 0.2) is 5.65 Å². The van der Waals surface area contributed by atoms with Gasteiger partial charge in [0, 0.05) is 29.9 Å². The number of rotatable bonds is 4. The van der Waals surface area contributed by atoms with E-state index in [-0.39, 0.29) is 18.3 Å². The maximum atomic E-state index is 13.6. The third-order valence-corrected chi connectivity index (χ3v) is 3.94. The van der Waals surface area contributed by atoms with Crippen LogP contribution in [0.1, 0.15) is 15.9 Å². The monoisotopic (exact) mass is 335 g/mol. The van der Waals surface area contributed by atoms with Crippen LogP contribution < -0.4 is 5.32 Å². The topological polar surface area (TPSA) is 86.5 Å². The number of hydrogen-bond donors (Lipinski definition) is 3. The first-order valence-electron chi connectivity index (χ1n) is 7.72. The van der Waals surface area contributed by atoms with Gasteiger partial charge in [-0.1, -0.05) is 18.2 Å². The molecule has 0 aliphatic rings. The minimum atomic E-state index is -0.339. The maximum absolute atomic E-state index is 13.6. The van der Waals surface area contributed by atoms with Crippen LogP contribution >= 0.6 is 0 Å². The van der Waals surface area contributed by atoms with Crippen LogP contribution in [0.4, 0.5) is 4.39 Å². The van der Waals surface area contributed by atoms with Gasteiger partial charge in [0.05, 0.1) is 17.0 Å². The highest BCUT2D eigenvalue weighted by molar-refractivity contribution is 5.97. The third kappa shape index (κ3) is 2.87. The lowest BCUT2D eigenvalue weighted by atomic mass is 10.2. The first-order valence-corrected chi connectivity index (χ1v) is 7.72. The van der Waals surface area contributed by atoms with Crippen LogP contribution in [0.15, 0.2) is 54.9 Å². The number of nitrogens with one attached hydrogen (secondary N) is 3. The van der Waals surface area contributed by atoms with Crippen molar-refractivity contribution in [2.45, 2.75) is 6.54 Å². The van der Waals surface area contributed by atoms with E-state index in [9.17, 15) is 9.18 Å². The smallest absolute Gasteiger partial charge is 0.253 e. The minimum Gasteiger partial charge on any atom is -0.359 e. The third-order valence-electron chi connectivity index (χ3n) is 3.94. The molecule has 0 radical (unpaired) electrons. The van der Waals surface area contributed by atoms with E-state index in [0.29, 0.717) is 16.8 Å². The highest BCUT2D eigenvalue weighted by Gasteiger charge is 2.13. The van der Waals surface area contributed by atoms with E-state index >= 15 is 0 Å². The number of pyridine rings is 1. The van der Waals surface area contributed by atoms with Crippen LogP contribution in [0.5, 0.6) is 0 Å². The van der Waals surface area contributed by atoms with Crippen LogP contribution in [-0.4, -0.2) is 26.1 Å². The van der Waals surface area contributed by atoms with Crippen LogP contribution in [0.3, 0.4) is 0 Å². The number of nitrogens with zero attached hydrogens (tertiary/aromatic N) is 2. The second-order valence-corrected chi connectivity index (χ2v) is 5.55. The number of halogens is 1. The minimum absolute atomic E-state index is 0.128. The van der Waals surface area contributed by atoms with E-state index in [1.54, 1.807) is 36.7 Å². The molecule has 0 atom stereocenters. The van der Waals surface area contributed by atoms with Crippen LogP contribution in [0.25, 0.3) is 22.4 Å². The molecule has 3 aromatic heterocycles. The number of aromatic nitrogens is 4. The van der Waals surface area contributed by atoms with Gasteiger partial charge in [-0.25, -0.2) is 9.37 Å². The molecule has 124 valence electrons. The lowest BCUT2D eigenvalue weighted by molar-refractivity contribution is 0.0951. The second kappa shape index (κ2) is 6.20. The Morgan fingerprint density at radius 3 is 2.96 bits per heavy atom. The fourth-order valence-electron chi connectivity index (χ4n) is 2.64. The summed E-state index contributed by atoms with van der Waals surface area (Å²) in [5.74, 6) is -0.623.